The molecule has 26 heavy (non-hydrogen) atoms. The second kappa shape index (κ2) is 6.19. The SMILES string of the molecule is Cc1nnc2ccc(N3CCC(N(c4ccncn4)C4CC4)CC3)nn12. The van der Waals surface area contributed by atoms with E-state index in [1.54, 1.807) is 6.33 Å². The van der Waals surface area contributed by atoms with Crippen LogP contribution in [0.1, 0.15) is 31.5 Å². The zero-order valence-electron chi connectivity index (χ0n) is 14.9. The predicted molar refractivity (Wildman–Crippen MR) is 98.3 cm³/mol. The molecule has 0 bridgehead atoms. The van der Waals surface area contributed by atoms with Crippen LogP contribution in [0.3, 0.4) is 0 Å². The van der Waals surface area contributed by atoms with E-state index in [0.717, 1.165) is 49.0 Å². The van der Waals surface area contributed by atoms with Crippen LogP contribution in [0.4, 0.5) is 11.6 Å². The Balaban J connectivity index is 1.32. The van der Waals surface area contributed by atoms with Crippen molar-refractivity contribution in [2.75, 3.05) is 22.9 Å². The third kappa shape index (κ3) is 2.75. The van der Waals surface area contributed by atoms with Crippen LogP contribution in [0.15, 0.2) is 30.7 Å². The lowest BCUT2D eigenvalue weighted by atomic mass is 10.0. The quantitative estimate of drug-likeness (QED) is 0.711. The van der Waals surface area contributed by atoms with Crippen molar-refractivity contribution in [3.8, 4) is 0 Å². The number of fused-ring (bicyclic) bond motifs is 1. The Morgan fingerprint density at radius 3 is 2.54 bits per heavy atom. The summed E-state index contributed by atoms with van der Waals surface area (Å²) in [6, 6.07) is 7.26. The van der Waals surface area contributed by atoms with Crippen LogP contribution in [0.25, 0.3) is 5.65 Å². The Kier molecular flexibility index (Phi) is 3.69. The van der Waals surface area contributed by atoms with Gasteiger partial charge in [-0.25, -0.2) is 9.97 Å². The van der Waals surface area contributed by atoms with E-state index in [9.17, 15) is 0 Å². The molecule has 2 fully saturated rings. The molecule has 0 N–H and O–H groups in total. The number of anilines is 2. The molecular weight excluding hydrogens is 328 g/mol. The van der Waals surface area contributed by atoms with E-state index >= 15 is 0 Å². The first-order chi connectivity index (χ1) is 12.8. The minimum absolute atomic E-state index is 0.536. The molecule has 0 amide bonds. The van der Waals surface area contributed by atoms with Crippen molar-refractivity contribution in [2.24, 2.45) is 0 Å². The molecule has 1 aliphatic heterocycles. The molecule has 0 radical (unpaired) electrons. The molecule has 3 aromatic rings. The predicted octanol–water partition coefficient (Wildman–Crippen LogP) is 1.86. The first-order valence-electron chi connectivity index (χ1n) is 9.28. The number of hydrogen-bond donors (Lipinski definition) is 0. The third-order valence-electron chi connectivity index (χ3n) is 5.36. The molecule has 0 spiro atoms. The third-order valence-corrected chi connectivity index (χ3v) is 5.36. The van der Waals surface area contributed by atoms with E-state index in [1.807, 2.05) is 35.8 Å². The van der Waals surface area contributed by atoms with Gasteiger partial charge in [0.15, 0.2) is 11.5 Å². The molecule has 1 saturated carbocycles. The molecule has 3 aromatic heterocycles. The molecule has 1 aliphatic carbocycles. The highest BCUT2D eigenvalue weighted by Crippen LogP contribution is 2.35. The summed E-state index contributed by atoms with van der Waals surface area (Å²) in [7, 11) is 0. The fraction of sp³-hybridized carbons (Fsp3) is 0.500. The van der Waals surface area contributed by atoms with Gasteiger partial charge in [-0.3, -0.25) is 0 Å². The molecule has 4 heterocycles. The second-order valence-electron chi connectivity index (χ2n) is 7.13. The van der Waals surface area contributed by atoms with Crippen LogP contribution in [0.5, 0.6) is 0 Å². The van der Waals surface area contributed by atoms with Gasteiger partial charge < -0.3 is 9.80 Å². The average Bonchev–Trinajstić information content (AvgIpc) is 3.46. The minimum atomic E-state index is 0.536. The van der Waals surface area contributed by atoms with E-state index in [0.29, 0.717) is 12.1 Å². The van der Waals surface area contributed by atoms with Crippen molar-refractivity contribution in [2.45, 2.75) is 44.7 Å². The van der Waals surface area contributed by atoms with Gasteiger partial charge in [0.1, 0.15) is 18.0 Å². The van der Waals surface area contributed by atoms with Gasteiger partial charge in [0, 0.05) is 31.4 Å². The number of nitrogens with zero attached hydrogens (tertiary/aromatic N) is 8. The van der Waals surface area contributed by atoms with Crippen LogP contribution >= 0.6 is 0 Å². The molecule has 1 saturated heterocycles. The van der Waals surface area contributed by atoms with Crippen LogP contribution in [0, 0.1) is 6.92 Å². The maximum atomic E-state index is 4.72. The largest absolute Gasteiger partial charge is 0.355 e. The van der Waals surface area contributed by atoms with Gasteiger partial charge in [0.2, 0.25) is 0 Å². The summed E-state index contributed by atoms with van der Waals surface area (Å²) >= 11 is 0. The van der Waals surface area contributed by atoms with E-state index in [1.165, 1.54) is 12.8 Å². The molecule has 0 atom stereocenters. The maximum Gasteiger partial charge on any atom is 0.178 e. The highest BCUT2D eigenvalue weighted by atomic mass is 15.4. The van der Waals surface area contributed by atoms with Crippen LogP contribution in [-0.2, 0) is 0 Å². The van der Waals surface area contributed by atoms with Gasteiger partial charge in [-0.2, -0.15) is 4.52 Å². The summed E-state index contributed by atoms with van der Waals surface area (Å²) in [5.74, 6) is 2.89. The van der Waals surface area contributed by atoms with E-state index in [4.69, 9.17) is 5.10 Å². The first-order valence-corrected chi connectivity index (χ1v) is 9.28. The Morgan fingerprint density at radius 2 is 1.81 bits per heavy atom. The van der Waals surface area contributed by atoms with Crippen molar-refractivity contribution < 1.29 is 0 Å². The number of rotatable bonds is 4. The van der Waals surface area contributed by atoms with Gasteiger partial charge in [0.05, 0.1) is 0 Å². The van der Waals surface area contributed by atoms with Gasteiger partial charge >= 0.3 is 0 Å². The molecule has 8 heteroatoms. The van der Waals surface area contributed by atoms with Crippen molar-refractivity contribution in [1.29, 1.82) is 0 Å². The van der Waals surface area contributed by atoms with Crippen LogP contribution in [-0.4, -0.2) is 55.0 Å². The number of piperidine rings is 1. The molecule has 8 nitrogen and oxygen atoms in total. The fourth-order valence-electron chi connectivity index (χ4n) is 3.89. The van der Waals surface area contributed by atoms with Crippen molar-refractivity contribution in [3.05, 3.63) is 36.5 Å². The summed E-state index contributed by atoms with van der Waals surface area (Å²) in [4.78, 5) is 13.5. The molecule has 134 valence electrons. The smallest absolute Gasteiger partial charge is 0.178 e. The summed E-state index contributed by atoms with van der Waals surface area (Å²) < 4.78 is 1.82. The second-order valence-corrected chi connectivity index (χ2v) is 7.13. The van der Waals surface area contributed by atoms with Crippen molar-refractivity contribution >= 4 is 17.3 Å². The lowest BCUT2D eigenvalue weighted by Gasteiger charge is -2.39. The monoisotopic (exact) mass is 350 g/mol. The molecule has 0 unspecified atom stereocenters. The molecule has 2 aliphatic rings. The first kappa shape index (κ1) is 15.5. The Hall–Kier alpha value is -2.77. The van der Waals surface area contributed by atoms with E-state index in [2.05, 4.69) is 30.0 Å². The summed E-state index contributed by atoms with van der Waals surface area (Å²) in [6.45, 7) is 3.93. The van der Waals surface area contributed by atoms with Crippen molar-refractivity contribution in [3.63, 3.8) is 0 Å². The molecule has 5 rings (SSSR count). The molecular formula is C18H22N8. The minimum Gasteiger partial charge on any atom is -0.355 e. The average molecular weight is 350 g/mol. The van der Waals surface area contributed by atoms with Gasteiger partial charge in [-0.1, -0.05) is 0 Å². The summed E-state index contributed by atoms with van der Waals surface area (Å²) in [5, 5.41) is 12.9. The normalized spacial score (nSPS) is 18.4. The van der Waals surface area contributed by atoms with E-state index in [-0.39, 0.29) is 0 Å². The number of hydrogen-bond acceptors (Lipinski definition) is 7. The zero-order chi connectivity index (χ0) is 17.5. The van der Waals surface area contributed by atoms with Gasteiger partial charge in [0.25, 0.3) is 0 Å². The van der Waals surface area contributed by atoms with E-state index < -0.39 is 0 Å². The number of aromatic nitrogens is 6. The van der Waals surface area contributed by atoms with Gasteiger partial charge in [-0.05, 0) is 50.8 Å². The topological polar surface area (TPSA) is 75.3 Å². The zero-order valence-corrected chi connectivity index (χ0v) is 14.9. The lowest BCUT2D eigenvalue weighted by molar-refractivity contribution is 0.456. The lowest BCUT2D eigenvalue weighted by Crippen LogP contribution is -2.46. The highest BCUT2D eigenvalue weighted by molar-refractivity contribution is 5.47. The summed E-state index contributed by atoms with van der Waals surface area (Å²) in [6.07, 6.45) is 8.27. The Labute approximate surface area is 151 Å². The van der Waals surface area contributed by atoms with Crippen LogP contribution in [0.2, 0.25) is 0 Å². The maximum absolute atomic E-state index is 4.72. The summed E-state index contributed by atoms with van der Waals surface area (Å²) in [5.41, 5.74) is 0.796. The van der Waals surface area contributed by atoms with Crippen LogP contribution < -0.4 is 9.80 Å². The Bertz CT molecular complexity index is 896. The van der Waals surface area contributed by atoms with Gasteiger partial charge in [-0.15, -0.1) is 15.3 Å². The molecule has 0 aromatic carbocycles. The highest BCUT2D eigenvalue weighted by Gasteiger charge is 2.36. The number of aryl methyl sites for hydroxylation is 1. The Morgan fingerprint density at radius 1 is 1.00 bits per heavy atom. The fourth-order valence-corrected chi connectivity index (χ4v) is 3.89. The standard InChI is InChI=1S/C18H22N8/c1-13-21-22-17-4-5-18(23-26(13)17)24-10-7-15(8-11-24)25(14-2-3-14)16-6-9-19-12-20-16/h4-6,9,12,14-15H,2-3,7-8,10-11H2,1H3. The van der Waals surface area contributed by atoms with Crippen molar-refractivity contribution in [1.82, 2.24) is 29.8 Å².